The van der Waals surface area contributed by atoms with Gasteiger partial charge in [-0.05, 0) is 23.5 Å². The smallest absolute Gasteiger partial charge is 0.327 e. The third-order valence-corrected chi connectivity index (χ3v) is 4.29. The highest BCUT2D eigenvalue weighted by Crippen LogP contribution is 2.45. The Morgan fingerprint density at radius 3 is 2.60 bits per heavy atom. The fourth-order valence-electron chi connectivity index (χ4n) is 2.77. The first-order valence-electron chi connectivity index (χ1n) is 6.80. The summed E-state index contributed by atoms with van der Waals surface area (Å²) in [4.78, 5) is 25.2. The minimum atomic E-state index is -0.966. The predicted molar refractivity (Wildman–Crippen MR) is 74.8 cm³/mol. The maximum Gasteiger partial charge on any atom is 0.327 e. The van der Waals surface area contributed by atoms with E-state index in [-0.39, 0.29) is 17.5 Å². The summed E-state index contributed by atoms with van der Waals surface area (Å²) in [6, 6.07) is 6.38. The number of aliphatic carboxylic acids is 1. The van der Waals surface area contributed by atoms with Crippen LogP contribution in [0.1, 0.15) is 25.8 Å². The van der Waals surface area contributed by atoms with Crippen molar-refractivity contribution in [1.82, 2.24) is 5.32 Å². The molecule has 106 valence electrons. The summed E-state index contributed by atoms with van der Waals surface area (Å²) in [5.41, 5.74) is 1.73. The zero-order valence-corrected chi connectivity index (χ0v) is 11.6. The van der Waals surface area contributed by atoms with Crippen LogP contribution in [-0.2, 0) is 11.2 Å². The maximum atomic E-state index is 12.4. The maximum absolute atomic E-state index is 12.4. The third-order valence-electron chi connectivity index (χ3n) is 4.29. The van der Waals surface area contributed by atoms with E-state index in [1.165, 1.54) is 4.90 Å². The standard InChI is InChI=1S/C15H18N2O3/c1-15(2)8-12(15)16-14(20)17-10-6-4-3-5-9(10)7-11(17)13(18)19/h3-6,11-12H,7-8H2,1-2H3,(H,16,20)(H,18,19). The van der Waals surface area contributed by atoms with Crippen molar-refractivity contribution < 1.29 is 14.7 Å². The molecule has 0 radical (unpaired) electrons. The molecule has 2 amide bonds. The second-order valence-electron chi connectivity index (χ2n) is 6.25. The molecule has 3 rings (SSSR count). The van der Waals surface area contributed by atoms with Crippen molar-refractivity contribution in [1.29, 1.82) is 0 Å². The molecule has 0 aromatic heterocycles. The van der Waals surface area contributed by atoms with Gasteiger partial charge in [-0.25, -0.2) is 9.59 Å². The van der Waals surface area contributed by atoms with Gasteiger partial charge in [0.2, 0.25) is 0 Å². The topological polar surface area (TPSA) is 69.6 Å². The Morgan fingerprint density at radius 1 is 1.35 bits per heavy atom. The molecular weight excluding hydrogens is 256 g/mol. The summed E-state index contributed by atoms with van der Waals surface area (Å²) in [5.74, 6) is -0.966. The van der Waals surface area contributed by atoms with Crippen LogP contribution in [0.25, 0.3) is 0 Å². The lowest BCUT2D eigenvalue weighted by Crippen LogP contribution is -2.49. The molecule has 1 fully saturated rings. The van der Waals surface area contributed by atoms with Gasteiger partial charge in [-0.1, -0.05) is 32.0 Å². The fraction of sp³-hybridized carbons (Fsp3) is 0.467. The van der Waals surface area contributed by atoms with Crippen molar-refractivity contribution in [2.45, 2.75) is 38.8 Å². The normalized spacial score (nSPS) is 26.0. The molecule has 1 aromatic rings. The van der Waals surface area contributed by atoms with E-state index < -0.39 is 12.0 Å². The van der Waals surface area contributed by atoms with E-state index in [0.717, 1.165) is 12.0 Å². The van der Waals surface area contributed by atoms with Crippen molar-refractivity contribution in [3.63, 3.8) is 0 Å². The van der Waals surface area contributed by atoms with Gasteiger partial charge >= 0.3 is 12.0 Å². The molecule has 0 spiro atoms. The van der Waals surface area contributed by atoms with E-state index in [0.29, 0.717) is 12.1 Å². The van der Waals surface area contributed by atoms with E-state index in [9.17, 15) is 14.7 Å². The van der Waals surface area contributed by atoms with Crippen LogP contribution in [0.5, 0.6) is 0 Å². The van der Waals surface area contributed by atoms with Crippen molar-refractivity contribution in [3.05, 3.63) is 29.8 Å². The van der Waals surface area contributed by atoms with Crippen LogP contribution in [0.4, 0.5) is 10.5 Å². The zero-order valence-electron chi connectivity index (χ0n) is 11.6. The molecular formula is C15H18N2O3. The van der Waals surface area contributed by atoms with Crippen LogP contribution < -0.4 is 10.2 Å². The first-order chi connectivity index (χ1) is 9.40. The number of nitrogens with one attached hydrogen (secondary N) is 1. The molecule has 1 heterocycles. The van der Waals surface area contributed by atoms with Gasteiger partial charge in [-0.2, -0.15) is 0 Å². The molecule has 2 atom stereocenters. The molecule has 2 aliphatic rings. The SMILES string of the molecule is CC1(C)CC1NC(=O)N1c2ccccc2CC1C(=O)O. The number of hydrogen-bond acceptors (Lipinski definition) is 2. The van der Waals surface area contributed by atoms with Crippen molar-refractivity contribution in [3.8, 4) is 0 Å². The molecule has 1 aromatic carbocycles. The number of hydrogen-bond donors (Lipinski definition) is 2. The monoisotopic (exact) mass is 274 g/mol. The summed E-state index contributed by atoms with van der Waals surface area (Å²) < 4.78 is 0. The van der Waals surface area contributed by atoms with Crippen molar-refractivity contribution in [2.24, 2.45) is 5.41 Å². The Bertz CT molecular complexity index is 582. The Hall–Kier alpha value is -2.04. The highest BCUT2D eigenvalue weighted by atomic mass is 16.4. The fourth-order valence-corrected chi connectivity index (χ4v) is 2.77. The molecule has 5 heteroatoms. The van der Waals surface area contributed by atoms with Gasteiger partial charge in [0.05, 0.1) is 0 Å². The van der Waals surface area contributed by atoms with E-state index >= 15 is 0 Å². The lowest BCUT2D eigenvalue weighted by atomic mass is 10.1. The second-order valence-corrected chi connectivity index (χ2v) is 6.25. The lowest BCUT2D eigenvalue weighted by molar-refractivity contribution is -0.138. The Balaban J connectivity index is 1.85. The highest BCUT2D eigenvalue weighted by molar-refractivity contribution is 6.01. The molecule has 0 bridgehead atoms. The molecule has 1 saturated carbocycles. The van der Waals surface area contributed by atoms with Crippen LogP contribution in [0, 0.1) is 5.41 Å². The number of nitrogens with zero attached hydrogens (tertiary/aromatic N) is 1. The average molecular weight is 274 g/mol. The molecule has 2 unspecified atom stereocenters. The largest absolute Gasteiger partial charge is 0.480 e. The number of carbonyl (C=O) groups is 2. The summed E-state index contributed by atoms with van der Waals surface area (Å²) in [5, 5.41) is 12.3. The van der Waals surface area contributed by atoms with Gasteiger partial charge in [0, 0.05) is 18.2 Å². The first kappa shape index (κ1) is 13.0. The van der Waals surface area contributed by atoms with E-state index in [2.05, 4.69) is 19.2 Å². The van der Waals surface area contributed by atoms with Crippen LogP contribution in [-0.4, -0.2) is 29.2 Å². The number of carboxylic acid groups (broad SMARTS) is 1. The summed E-state index contributed by atoms with van der Waals surface area (Å²) in [6.07, 6.45) is 1.30. The molecule has 1 aliphatic heterocycles. The predicted octanol–water partition coefficient (Wildman–Crippen LogP) is 2.01. The molecule has 20 heavy (non-hydrogen) atoms. The number of rotatable bonds is 2. The number of carboxylic acids is 1. The number of amides is 2. The molecule has 2 N–H and O–H groups in total. The number of para-hydroxylation sites is 1. The van der Waals surface area contributed by atoms with Crippen molar-refractivity contribution >= 4 is 17.7 Å². The highest BCUT2D eigenvalue weighted by Gasteiger charge is 2.48. The van der Waals surface area contributed by atoms with Gasteiger partial charge in [-0.3, -0.25) is 4.90 Å². The number of fused-ring (bicyclic) bond motifs is 1. The first-order valence-corrected chi connectivity index (χ1v) is 6.80. The molecule has 5 nitrogen and oxygen atoms in total. The Morgan fingerprint density at radius 2 is 2.00 bits per heavy atom. The van der Waals surface area contributed by atoms with Crippen molar-refractivity contribution in [2.75, 3.05) is 4.90 Å². The van der Waals surface area contributed by atoms with Gasteiger partial charge in [0.1, 0.15) is 6.04 Å². The average Bonchev–Trinajstić information content (AvgIpc) is 2.84. The Kier molecular flexibility index (Phi) is 2.74. The van der Waals surface area contributed by atoms with Gasteiger partial charge in [0.15, 0.2) is 0 Å². The van der Waals surface area contributed by atoms with Crippen LogP contribution in [0.15, 0.2) is 24.3 Å². The minimum Gasteiger partial charge on any atom is -0.480 e. The quantitative estimate of drug-likeness (QED) is 0.866. The summed E-state index contributed by atoms with van der Waals surface area (Å²) >= 11 is 0. The molecule has 1 aliphatic carbocycles. The lowest BCUT2D eigenvalue weighted by Gasteiger charge is -2.23. The second kappa shape index (κ2) is 4.23. The third kappa shape index (κ3) is 2.03. The number of benzene rings is 1. The van der Waals surface area contributed by atoms with Gasteiger partial charge < -0.3 is 10.4 Å². The van der Waals surface area contributed by atoms with Crippen LogP contribution in [0.2, 0.25) is 0 Å². The number of urea groups is 1. The molecule has 0 saturated heterocycles. The van der Waals surface area contributed by atoms with E-state index in [4.69, 9.17) is 0 Å². The number of anilines is 1. The minimum absolute atomic E-state index is 0.119. The van der Waals surface area contributed by atoms with Gasteiger partial charge in [0.25, 0.3) is 0 Å². The van der Waals surface area contributed by atoms with E-state index in [1.54, 1.807) is 6.07 Å². The zero-order chi connectivity index (χ0) is 14.5. The van der Waals surface area contributed by atoms with Gasteiger partial charge in [-0.15, -0.1) is 0 Å². The number of carbonyl (C=O) groups excluding carboxylic acids is 1. The summed E-state index contributed by atoms with van der Waals surface area (Å²) in [7, 11) is 0. The van der Waals surface area contributed by atoms with Crippen LogP contribution >= 0.6 is 0 Å². The summed E-state index contributed by atoms with van der Waals surface area (Å²) in [6.45, 7) is 4.18. The van der Waals surface area contributed by atoms with E-state index in [1.807, 2.05) is 18.2 Å². The Labute approximate surface area is 117 Å². The van der Waals surface area contributed by atoms with Crippen LogP contribution in [0.3, 0.4) is 0 Å².